The van der Waals surface area contributed by atoms with Crippen LogP contribution < -0.4 is 11.1 Å². The van der Waals surface area contributed by atoms with Gasteiger partial charge in [-0.2, -0.15) is 4.98 Å². The van der Waals surface area contributed by atoms with E-state index in [9.17, 15) is 9.59 Å². The van der Waals surface area contributed by atoms with Crippen molar-refractivity contribution < 1.29 is 0 Å². The third-order valence-electron chi connectivity index (χ3n) is 3.06. The summed E-state index contributed by atoms with van der Waals surface area (Å²) < 4.78 is 2.55. The van der Waals surface area contributed by atoms with Gasteiger partial charge in [0, 0.05) is 18.3 Å². The Morgan fingerprint density at radius 2 is 2.14 bits per heavy atom. The molecule has 3 rings (SSSR count). The summed E-state index contributed by atoms with van der Waals surface area (Å²) in [5.41, 5.74) is 0.304. The van der Waals surface area contributed by atoms with Gasteiger partial charge in [0.2, 0.25) is 0 Å². The molecule has 0 aromatic carbocycles. The Morgan fingerprint density at radius 3 is 2.91 bits per heavy atom. The van der Waals surface area contributed by atoms with Crippen molar-refractivity contribution in [2.24, 2.45) is 0 Å². The molecule has 8 heteroatoms. The molecule has 3 aromatic heterocycles. The van der Waals surface area contributed by atoms with Gasteiger partial charge in [0.1, 0.15) is 10.5 Å². The lowest BCUT2D eigenvalue weighted by atomic mass is 10.4. The number of rotatable bonds is 4. The number of nitrogens with one attached hydrogen (secondary N) is 1. The predicted octanol–water partition coefficient (Wildman–Crippen LogP) is 2.41. The van der Waals surface area contributed by atoms with Crippen LogP contribution in [-0.4, -0.2) is 19.5 Å². The highest BCUT2D eigenvalue weighted by molar-refractivity contribution is 7.98. The van der Waals surface area contributed by atoms with Crippen LogP contribution >= 0.6 is 23.1 Å². The Kier molecular flexibility index (Phi) is 4.12. The first kappa shape index (κ1) is 15.0. The van der Waals surface area contributed by atoms with E-state index in [1.165, 1.54) is 29.2 Å². The maximum Gasteiger partial charge on any atom is 0.273 e. The SMILES string of the molecule is CC(C)n1ccc(=O)nc1SCc1nc2ccsc2c(=O)[nH]1. The number of hydrogen-bond acceptors (Lipinski definition) is 6. The molecule has 0 spiro atoms. The average molecular weight is 334 g/mol. The molecule has 0 fully saturated rings. The maximum atomic E-state index is 11.9. The van der Waals surface area contributed by atoms with E-state index in [1.54, 1.807) is 6.20 Å². The first-order valence-corrected chi connectivity index (χ1v) is 8.59. The van der Waals surface area contributed by atoms with Gasteiger partial charge in [-0.25, -0.2) is 4.98 Å². The minimum atomic E-state index is -0.269. The molecule has 0 atom stereocenters. The Bertz CT molecular complexity index is 926. The Morgan fingerprint density at radius 1 is 1.32 bits per heavy atom. The van der Waals surface area contributed by atoms with Crippen molar-refractivity contribution in [1.82, 2.24) is 19.5 Å². The van der Waals surface area contributed by atoms with Gasteiger partial charge in [-0.15, -0.1) is 11.3 Å². The maximum absolute atomic E-state index is 11.9. The lowest BCUT2D eigenvalue weighted by Crippen LogP contribution is -2.15. The van der Waals surface area contributed by atoms with Crippen LogP contribution in [0.3, 0.4) is 0 Å². The lowest BCUT2D eigenvalue weighted by Gasteiger charge is -2.14. The van der Waals surface area contributed by atoms with E-state index in [4.69, 9.17) is 0 Å². The highest BCUT2D eigenvalue weighted by Crippen LogP contribution is 2.22. The molecule has 114 valence electrons. The summed E-state index contributed by atoms with van der Waals surface area (Å²) in [6, 6.07) is 3.47. The zero-order valence-electron chi connectivity index (χ0n) is 12.1. The van der Waals surface area contributed by atoms with Crippen molar-refractivity contribution in [3.8, 4) is 0 Å². The highest BCUT2D eigenvalue weighted by Gasteiger charge is 2.10. The van der Waals surface area contributed by atoms with Crippen LogP contribution in [0.1, 0.15) is 25.7 Å². The number of nitrogens with zero attached hydrogens (tertiary/aromatic N) is 3. The smallest absolute Gasteiger partial charge is 0.273 e. The van der Waals surface area contributed by atoms with Gasteiger partial charge in [0.05, 0.1) is 11.3 Å². The second-order valence-corrected chi connectivity index (χ2v) is 6.84. The summed E-state index contributed by atoms with van der Waals surface area (Å²) in [6.45, 7) is 4.04. The topological polar surface area (TPSA) is 80.6 Å². The molecule has 0 aliphatic rings. The Hall–Kier alpha value is -1.93. The lowest BCUT2D eigenvalue weighted by molar-refractivity contribution is 0.526. The fraction of sp³-hybridized carbons (Fsp3) is 0.286. The standard InChI is InChI=1S/C14H14N4O2S2/c1-8(2)18-5-3-11(19)17-14(18)22-7-10-15-9-4-6-21-12(9)13(20)16-10/h3-6,8H,7H2,1-2H3,(H,15,16,20). The molecular weight excluding hydrogens is 320 g/mol. The zero-order chi connectivity index (χ0) is 15.7. The van der Waals surface area contributed by atoms with E-state index in [-0.39, 0.29) is 17.2 Å². The number of aromatic amines is 1. The third kappa shape index (κ3) is 2.97. The minimum absolute atomic E-state index is 0.127. The summed E-state index contributed by atoms with van der Waals surface area (Å²) >= 11 is 2.76. The van der Waals surface area contributed by atoms with Crippen molar-refractivity contribution in [1.29, 1.82) is 0 Å². The van der Waals surface area contributed by atoms with Crippen LogP contribution in [0.15, 0.2) is 38.5 Å². The number of hydrogen-bond donors (Lipinski definition) is 1. The quantitative estimate of drug-likeness (QED) is 0.585. The van der Waals surface area contributed by atoms with Crippen molar-refractivity contribution in [3.63, 3.8) is 0 Å². The van der Waals surface area contributed by atoms with E-state index in [2.05, 4.69) is 15.0 Å². The van der Waals surface area contributed by atoms with E-state index < -0.39 is 0 Å². The number of fused-ring (bicyclic) bond motifs is 1. The van der Waals surface area contributed by atoms with Gasteiger partial charge in [-0.05, 0) is 25.3 Å². The van der Waals surface area contributed by atoms with Gasteiger partial charge in [0.15, 0.2) is 5.16 Å². The van der Waals surface area contributed by atoms with Gasteiger partial charge in [-0.1, -0.05) is 11.8 Å². The molecule has 0 radical (unpaired) electrons. The van der Waals surface area contributed by atoms with Crippen LogP contribution in [0.2, 0.25) is 0 Å². The van der Waals surface area contributed by atoms with E-state index >= 15 is 0 Å². The number of aromatic nitrogens is 4. The normalized spacial score (nSPS) is 11.4. The van der Waals surface area contributed by atoms with Gasteiger partial charge in [-0.3, -0.25) is 9.59 Å². The molecule has 0 bridgehead atoms. The van der Waals surface area contributed by atoms with Crippen molar-refractivity contribution in [3.05, 3.63) is 50.2 Å². The molecular formula is C14H14N4O2S2. The molecule has 3 aromatic rings. The van der Waals surface area contributed by atoms with Crippen molar-refractivity contribution in [2.75, 3.05) is 0 Å². The fourth-order valence-corrected chi connectivity index (χ4v) is 3.72. The summed E-state index contributed by atoms with van der Waals surface area (Å²) in [5.74, 6) is 1.03. The number of thiophene rings is 1. The van der Waals surface area contributed by atoms with Crippen LogP contribution in [0.5, 0.6) is 0 Å². The molecule has 22 heavy (non-hydrogen) atoms. The molecule has 0 amide bonds. The molecule has 0 saturated carbocycles. The van der Waals surface area contributed by atoms with E-state index in [1.807, 2.05) is 29.9 Å². The molecule has 3 heterocycles. The second-order valence-electron chi connectivity index (χ2n) is 4.99. The van der Waals surface area contributed by atoms with Gasteiger partial charge >= 0.3 is 0 Å². The molecule has 1 N–H and O–H groups in total. The summed E-state index contributed by atoms with van der Waals surface area (Å²) in [5, 5.41) is 2.47. The van der Waals surface area contributed by atoms with Crippen molar-refractivity contribution >= 4 is 33.3 Å². The Balaban J connectivity index is 1.89. The molecule has 0 aliphatic heterocycles. The van der Waals surface area contributed by atoms with E-state index in [0.717, 1.165) is 0 Å². The van der Waals surface area contributed by atoms with Gasteiger partial charge in [0.25, 0.3) is 11.1 Å². The minimum Gasteiger partial charge on any atom is -0.325 e. The van der Waals surface area contributed by atoms with Gasteiger partial charge < -0.3 is 9.55 Å². The zero-order valence-corrected chi connectivity index (χ0v) is 13.7. The van der Waals surface area contributed by atoms with Crippen LogP contribution in [0, 0.1) is 0 Å². The summed E-state index contributed by atoms with van der Waals surface area (Å²) in [4.78, 5) is 34.6. The molecule has 0 unspecified atom stereocenters. The first-order valence-electron chi connectivity index (χ1n) is 6.73. The third-order valence-corrected chi connectivity index (χ3v) is 4.94. The van der Waals surface area contributed by atoms with E-state index in [0.29, 0.717) is 27.0 Å². The fourth-order valence-electron chi connectivity index (χ4n) is 2.02. The first-order chi connectivity index (χ1) is 10.5. The van der Waals surface area contributed by atoms with Crippen molar-refractivity contribution in [2.45, 2.75) is 30.8 Å². The molecule has 6 nitrogen and oxygen atoms in total. The predicted molar refractivity (Wildman–Crippen MR) is 88.7 cm³/mol. The number of thioether (sulfide) groups is 1. The second kappa shape index (κ2) is 6.05. The Labute approximate surface area is 134 Å². The largest absolute Gasteiger partial charge is 0.325 e. The summed E-state index contributed by atoms with van der Waals surface area (Å²) in [6.07, 6.45) is 1.74. The van der Waals surface area contributed by atoms with Crippen LogP contribution in [0.25, 0.3) is 10.2 Å². The van der Waals surface area contributed by atoms with Crippen LogP contribution in [-0.2, 0) is 5.75 Å². The number of H-pyrrole nitrogens is 1. The highest BCUT2D eigenvalue weighted by atomic mass is 32.2. The monoisotopic (exact) mass is 334 g/mol. The summed E-state index contributed by atoms with van der Waals surface area (Å²) in [7, 11) is 0. The van der Waals surface area contributed by atoms with Crippen LogP contribution in [0.4, 0.5) is 0 Å². The molecule has 0 aliphatic carbocycles. The average Bonchev–Trinajstić information content (AvgIpc) is 2.94. The molecule has 0 saturated heterocycles.